The fourth-order valence-electron chi connectivity index (χ4n) is 2.03. The molecule has 19 heavy (non-hydrogen) atoms. The molecule has 0 radical (unpaired) electrons. The van der Waals surface area contributed by atoms with Crippen LogP contribution < -0.4 is 5.32 Å². The quantitative estimate of drug-likeness (QED) is 0.603. The van der Waals surface area contributed by atoms with Gasteiger partial charge in [-0.05, 0) is 31.0 Å². The molecule has 0 saturated heterocycles. The summed E-state index contributed by atoms with van der Waals surface area (Å²) < 4.78 is 0. The molecular formula is C17H21NS. The lowest BCUT2D eigenvalue weighted by Gasteiger charge is -2.13. The van der Waals surface area contributed by atoms with Crippen LogP contribution in [-0.4, -0.2) is 18.3 Å². The summed E-state index contributed by atoms with van der Waals surface area (Å²) in [6.45, 7) is 3.30. The molecule has 0 amide bonds. The fraction of sp³-hybridized carbons (Fsp3) is 0.294. The minimum absolute atomic E-state index is 0.527. The second-order valence-electron chi connectivity index (χ2n) is 4.71. The van der Waals surface area contributed by atoms with Gasteiger partial charge in [-0.25, -0.2) is 0 Å². The number of hydrogen-bond acceptors (Lipinski definition) is 2. The summed E-state index contributed by atoms with van der Waals surface area (Å²) in [5, 5.41) is 3.58. The minimum atomic E-state index is 0.527. The molecule has 2 rings (SSSR count). The molecule has 0 fully saturated rings. The maximum atomic E-state index is 3.58. The van der Waals surface area contributed by atoms with Crippen molar-refractivity contribution in [1.29, 1.82) is 0 Å². The van der Waals surface area contributed by atoms with Crippen LogP contribution in [0, 0.1) is 0 Å². The van der Waals surface area contributed by atoms with Gasteiger partial charge in [-0.15, -0.1) is 11.8 Å². The summed E-state index contributed by atoms with van der Waals surface area (Å²) in [5.74, 6) is 1.11. The Kier molecular flexibility index (Phi) is 5.99. The molecule has 100 valence electrons. The zero-order valence-electron chi connectivity index (χ0n) is 11.4. The minimum Gasteiger partial charge on any atom is -0.313 e. The highest BCUT2D eigenvalue weighted by atomic mass is 32.2. The first-order valence-electron chi connectivity index (χ1n) is 6.80. The van der Waals surface area contributed by atoms with Crippen LogP contribution in [0.1, 0.15) is 12.5 Å². The van der Waals surface area contributed by atoms with Crippen molar-refractivity contribution in [1.82, 2.24) is 5.32 Å². The van der Waals surface area contributed by atoms with Crippen molar-refractivity contribution in [3.8, 4) is 0 Å². The van der Waals surface area contributed by atoms with E-state index in [4.69, 9.17) is 0 Å². The van der Waals surface area contributed by atoms with Crippen molar-refractivity contribution in [3.63, 3.8) is 0 Å². The van der Waals surface area contributed by atoms with Crippen LogP contribution in [0.4, 0.5) is 0 Å². The fourth-order valence-corrected chi connectivity index (χ4v) is 2.84. The highest BCUT2D eigenvalue weighted by molar-refractivity contribution is 7.99. The number of thioether (sulfide) groups is 1. The number of hydrogen-bond donors (Lipinski definition) is 1. The molecule has 0 saturated carbocycles. The van der Waals surface area contributed by atoms with Gasteiger partial charge in [0.05, 0.1) is 0 Å². The van der Waals surface area contributed by atoms with E-state index in [2.05, 4.69) is 72.9 Å². The van der Waals surface area contributed by atoms with Crippen LogP contribution in [0.15, 0.2) is 65.6 Å². The summed E-state index contributed by atoms with van der Waals surface area (Å²) in [7, 11) is 0. The number of nitrogens with one attached hydrogen (secondary N) is 1. The molecule has 1 unspecified atom stereocenters. The number of benzene rings is 2. The first-order valence-corrected chi connectivity index (χ1v) is 7.78. The van der Waals surface area contributed by atoms with E-state index >= 15 is 0 Å². The Morgan fingerprint density at radius 3 is 2.26 bits per heavy atom. The van der Waals surface area contributed by atoms with Crippen molar-refractivity contribution in [2.24, 2.45) is 0 Å². The standard InChI is InChI=1S/C17H21NS/c1-15(14-16-8-4-2-5-9-16)18-12-13-19-17-10-6-3-7-11-17/h2-11,15,18H,12-14H2,1H3. The van der Waals surface area contributed by atoms with Gasteiger partial charge < -0.3 is 5.32 Å². The summed E-state index contributed by atoms with van der Waals surface area (Å²) in [6, 6.07) is 21.8. The largest absolute Gasteiger partial charge is 0.313 e. The smallest absolute Gasteiger partial charge is 0.0106 e. The molecule has 2 aromatic carbocycles. The molecule has 0 aliphatic heterocycles. The topological polar surface area (TPSA) is 12.0 Å². The normalized spacial score (nSPS) is 12.3. The Balaban J connectivity index is 1.63. The predicted molar refractivity (Wildman–Crippen MR) is 84.8 cm³/mol. The molecule has 0 spiro atoms. The van der Waals surface area contributed by atoms with E-state index in [1.54, 1.807) is 0 Å². The van der Waals surface area contributed by atoms with Gasteiger partial charge in [0.15, 0.2) is 0 Å². The zero-order chi connectivity index (χ0) is 13.3. The molecule has 1 N–H and O–H groups in total. The first kappa shape index (κ1) is 14.2. The van der Waals surface area contributed by atoms with E-state index in [1.165, 1.54) is 10.5 Å². The van der Waals surface area contributed by atoms with Crippen molar-refractivity contribution in [2.45, 2.75) is 24.3 Å². The Labute approximate surface area is 120 Å². The lowest BCUT2D eigenvalue weighted by molar-refractivity contribution is 0.568. The molecule has 0 aromatic heterocycles. The molecule has 0 bridgehead atoms. The Morgan fingerprint density at radius 1 is 0.947 bits per heavy atom. The second-order valence-corrected chi connectivity index (χ2v) is 5.87. The third-order valence-electron chi connectivity index (χ3n) is 2.99. The van der Waals surface area contributed by atoms with Crippen LogP contribution in [-0.2, 0) is 6.42 Å². The average Bonchev–Trinajstić information content (AvgIpc) is 2.46. The van der Waals surface area contributed by atoms with Crippen LogP contribution in [0.3, 0.4) is 0 Å². The Bertz CT molecular complexity index is 455. The zero-order valence-corrected chi connectivity index (χ0v) is 12.2. The summed E-state index contributed by atoms with van der Waals surface area (Å²) in [5.41, 5.74) is 1.40. The average molecular weight is 271 g/mol. The van der Waals surface area contributed by atoms with E-state index in [0.717, 1.165) is 18.7 Å². The van der Waals surface area contributed by atoms with E-state index in [9.17, 15) is 0 Å². The lowest BCUT2D eigenvalue weighted by Crippen LogP contribution is -2.30. The van der Waals surface area contributed by atoms with Crippen molar-refractivity contribution in [3.05, 3.63) is 66.2 Å². The third kappa shape index (κ3) is 5.50. The summed E-state index contributed by atoms with van der Waals surface area (Å²) in [4.78, 5) is 1.35. The van der Waals surface area contributed by atoms with Crippen LogP contribution >= 0.6 is 11.8 Å². The van der Waals surface area contributed by atoms with Gasteiger partial charge in [0, 0.05) is 23.2 Å². The van der Waals surface area contributed by atoms with Crippen molar-refractivity contribution in [2.75, 3.05) is 12.3 Å². The molecule has 2 aromatic rings. The second kappa shape index (κ2) is 8.03. The van der Waals surface area contributed by atoms with Gasteiger partial charge in [-0.1, -0.05) is 48.5 Å². The highest BCUT2D eigenvalue weighted by Gasteiger charge is 2.02. The van der Waals surface area contributed by atoms with Gasteiger partial charge in [0.25, 0.3) is 0 Å². The molecular weight excluding hydrogens is 250 g/mol. The van der Waals surface area contributed by atoms with Crippen molar-refractivity contribution >= 4 is 11.8 Å². The van der Waals surface area contributed by atoms with Crippen LogP contribution in [0.2, 0.25) is 0 Å². The third-order valence-corrected chi connectivity index (χ3v) is 4.01. The Hall–Kier alpha value is -1.25. The van der Waals surface area contributed by atoms with Gasteiger partial charge >= 0.3 is 0 Å². The number of rotatable bonds is 7. The predicted octanol–water partition coefficient (Wildman–Crippen LogP) is 4.00. The van der Waals surface area contributed by atoms with E-state index in [0.29, 0.717) is 6.04 Å². The highest BCUT2D eigenvalue weighted by Crippen LogP contribution is 2.15. The van der Waals surface area contributed by atoms with Gasteiger partial charge in [-0.3, -0.25) is 0 Å². The van der Waals surface area contributed by atoms with Crippen molar-refractivity contribution < 1.29 is 0 Å². The molecule has 0 aliphatic carbocycles. The van der Waals surface area contributed by atoms with Crippen LogP contribution in [0.25, 0.3) is 0 Å². The Morgan fingerprint density at radius 2 is 1.58 bits per heavy atom. The monoisotopic (exact) mass is 271 g/mol. The molecule has 2 heteroatoms. The first-order chi connectivity index (χ1) is 9.34. The van der Waals surface area contributed by atoms with Gasteiger partial charge in [-0.2, -0.15) is 0 Å². The van der Waals surface area contributed by atoms with E-state index in [1.807, 2.05) is 11.8 Å². The van der Waals surface area contributed by atoms with E-state index in [-0.39, 0.29) is 0 Å². The van der Waals surface area contributed by atoms with Gasteiger partial charge in [0.1, 0.15) is 0 Å². The molecule has 1 nitrogen and oxygen atoms in total. The lowest BCUT2D eigenvalue weighted by atomic mass is 10.1. The molecule has 0 aliphatic rings. The molecule has 0 heterocycles. The maximum Gasteiger partial charge on any atom is 0.0106 e. The summed E-state index contributed by atoms with van der Waals surface area (Å²) >= 11 is 1.91. The maximum absolute atomic E-state index is 3.58. The summed E-state index contributed by atoms with van der Waals surface area (Å²) in [6.07, 6.45) is 1.09. The SMILES string of the molecule is CC(Cc1ccccc1)NCCSc1ccccc1. The van der Waals surface area contributed by atoms with E-state index < -0.39 is 0 Å². The van der Waals surface area contributed by atoms with Crippen LogP contribution in [0.5, 0.6) is 0 Å². The molecule has 1 atom stereocenters. The van der Waals surface area contributed by atoms with Gasteiger partial charge in [0.2, 0.25) is 0 Å².